The fourth-order valence-electron chi connectivity index (χ4n) is 4.75. The highest BCUT2D eigenvalue weighted by Gasteiger charge is 2.41. The molecule has 0 spiro atoms. The Morgan fingerprint density at radius 1 is 1.05 bits per heavy atom. The molecule has 2 unspecified atom stereocenters. The highest BCUT2D eigenvalue weighted by Crippen LogP contribution is 2.39. The minimum absolute atomic E-state index is 0.139. The molecular formula is C29H29FN6OS. The second kappa shape index (κ2) is 11.0. The third kappa shape index (κ3) is 5.24. The van der Waals surface area contributed by atoms with Crippen LogP contribution in [-0.2, 0) is 4.79 Å². The predicted molar refractivity (Wildman–Crippen MR) is 152 cm³/mol. The van der Waals surface area contributed by atoms with Crippen molar-refractivity contribution in [2.45, 2.75) is 18.5 Å². The van der Waals surface area contributed by atoms with Crippen molar-refractivity contribution < 1.29 is 9.18 Å². The standard InChI is InChI=1S/C29H29FN6OS/c1-34(2)20-12-14-21(15-13-20)35-18-7-11-25(35)28-27(24-10-5-6-17-31-24)33-29(38)36(28)19-16-26(37)32-23-9-4-3-8-22(23)30/h3-15,17-18,27-28H,16,19H2,1-2H3,(H,32,37)(H,33,38). The van der Waals surface area contributed by atoms with Crippen LogP contribution in [0.5, 0.6) is 0 Å². The SMILES string of the molecule is CN(C)c1ccc(-n2cccc2C2C(c3ccccn3)NC(=S)N2CCC(=O)Nc2ccccc2F)cc1. The average Bonchev–Trinajstić information content (AvgIpc) is 3.53. The van der Waals surface area contributed by atoms with E-state index in [9.17, 15) is 9.18 Å². The molecule has 194 valence electrons. The maximum absolute atomic E-state index is 14.0. The van der Waals surface area contributed by atoms with Crippen LogP contribution in [0.1, 0.15) is 29.9 Å². The van der Waals surface area contributed by atoms with Gasteiger partial charge in [-0.25, -0.2) is 4.39 Å². The normalized spacial score (nSPS) is 16.8. The number of halogens is 1. The first-order valence-corrected chi connectivity index (χ1v) is 12.8. The Morgan fingerprint density at radius 2 is 1.82 bits per heavy atom. The number of para-hydroxylation sites is 1. The maximum atomic E-state index is 14.0. The summed E-state index contributed by atoms with van der Waals surface area (Å²) in [6.45, 7) is 0.352. The molecule has 0 aliphatic carbocycles. The van der Waals surface area contributed by atoms with Crippen LogP contribution in [0.2, 0.25) is 0 Å². The van der Waals surface area contributed by atoms with E-state index in [1.807, 2.05) is 49.5 Å². The zero-order chi connectivity index (χ0) is 26.6. The molecule has 0 bridgehead atoms. The van der Waals surface area contributed by atoms with E-state index in [1.54, 1.807) is 24.4 Å². The van der Waals surface area contributed by atoms with Gasteiger partial charge in [-0.05, 0) is 72.9 Å². The van der Waals surface area contributed by atoms with E-state index in [4.69, 9.17) is 12.2 Å². The zero-order valence-electron chi connectivity index (χ0n) is 21.2. The highest BCUT2D eigenvalue weighted by molar-refractivity contribution is 7.80. The van der Waals surface area contributed by atoms with Crippen molar-refractivity contribution in [3.8, 4) is 5.69 Å². The Bertz CT molecular complexity index is 1420. The van der Waals surface area contributed by atoms with E-state index in [0.29, 0.717) is 11.7 Å². The zero-order valence-corrected chi connectivity index (χ0v) is 22.0. The average molecular weight is 529 g/mol. The van der Waals surface area contributed by atoms with Gasteiger partial charge in [0.25, 0.3) is 0 Å². The lowest BCUT2D eigenvalue weighted by atomic mass is 10.0. The number of benzene rings is 2. The lowest BCUT2D eigenvalue weighted by Crippen LogP contribution is -2.33. The van der Waals surface area contributed by atoms with Crippen molar-refractivity contribution in [2.24, 2.45) is 0 Å². The first-order chi connectivity index (χ1) is 18.4. The molecule has 1 amide bonds. The van der Waals surface area contributed by atoms with Gasteiger partial charge in [-0.1, -0.05) is 18.2 Å². The monoisotopic (exact) mass is 528 g/mol. The van der Waals surface area contributed by atoms with Crippen LogP contribution < -0.4 is 15.5 Å². The minimum atomic E-state index is -0.467. The lowest BCUT2D eigenvalue weighted by molar-refractivity contribution is -0.116. The molecule has 5 rings (SSSR count). The molecule has 7 nitrogen and oxygen atoms in total. The predicted octanol–water partition coefficient (Wildman–Crippen LogP) is 5.08. The number of pyridine rings is 1. The highest BCUT2D eigenvalue weighted by atomic mass is 32.1. The topological polar surface area (TPSA) is 65.4 Å². The molecule has 9 heteroatoms. The Morgan fingerprint density at radius 3 is 2.53 bits per heavy atom. The van der Waals surface area contributed by atoms with Gasteiger partial charge in [-0.15, -0.1) is 0 Å². The van der Waals surface area contributed by atoms with Gasteiger partial charge in [0.2, 0.25) is 5.91 Å². The van der Waals surface area contributed by atoms with Crippen LogP contribution in [0.4, 0.5) is 15.8 Å². The Kier molecular flexibility index (Phi) is 7.37. The van der Waals surface area contributed by atoms with Crippen LogP contribution in [0, 0.1) is 5.82 Å². The summed E-state index contributed by atoms with van der Waals surface area (Å²) in [5.74, 6) is -0.752. The second-order valence-corrected chi connectivity index (χ2v) is 9.70. The van der Waals surface area contributed by atoms with Gasteiger partial charge in [0.05, 0.1) is 23.5 Å². The molecular weight excluding hydrogens is 499 g/mol. The summed E-state index contributed by atoms with van der Waals surface area (Å²) < 4.78 is 16.2. The molecule has 0 saturated carbocycles. The van der Waals surface area contributed by atoms with E-state index in [2.05, 4.69) is 55.4 Å². The molecule has 1 aliphatic rings. The molecule has 2 aromatic heterocycles. The molecule has 4 aromatic rings. The van der Waals surface area contributed by atoms with Crippen molar-refractivity contribution in [3.05, 3.63) is 108 Å². The lowest BCUT2D eigenvalue weighted by Gasteiger charge is -2.29. The number of nitrogens with one attached hydrogen (secondary N) is 2. The van der Waals surface area contributed by atoms with E-state index in [1.165, 1.54) is 6.07 Å². The van der Waals surface area contributed by atoms with Gasteiger partial charge in [-0.2, -0.15) is 0 Å². The molecule has 2 N–H and O–H groups in total. The van der Waals surface area contributed by atoms with Gasteiger partial charge in [-0.3, -0.25) is 9.78 Å². The fraction of sp³-hybridized carbons (Fsp3) is 0.207. The molecule has 1 fully saturated rings. The number of thiocarbonyl (C=S) groups is 1. The van der Waals surface area contributed by atoms with Crippen LogP contribution >= 0.6 is 12.2 Å². The Labute approximate surface area is 226 Å². The van der Waals surface area contributed by atoms with Gasteiger partial charge >= 0.3 is 0 Å². The molecule has 1 saturated heterocycles. The number of nitrogens with zero attached hydrogens (tertiary/aromatic N) is 4. The number of carbonyl (C=O) groups excluding carboxylic acids is 1. The van der Waals surface area contributed by atoms with Crippen molar-refractivity contribution in [3.63, 3.8) is 0 Å². The quantitative estimate of drug-likeness (QED) is 0.311. The molecule has 2 aromatic carbocycles. The third-order valence-corrected chi connectivity index (χ3v) is 7.01. The van der Waals surface area contributed by atoms with Gasteiger partial charge in [0.1, 0.15) is 5.82 Å². The Hall–Kier alpha value is -4.24. The van der Waals surface area contributed by atoms with E-state index in [0.717, 1.165) is 22.8 Å². The number of hydrogen-bond acceptors (Lipinski definition) is 4. The second-order valence-electron chi connectivity index (χ2n) is 9.31. The molecule has 1 aliphatic heterocycles. The summed E-state index contributed by atoms with van der Waals surface area (Å²) in [4.78, 5) is 21.4. The third-order valence-electron chi connectivity index (χ3n) is 6.65. The summed E-state index contributed by atoms with van der Waals surface area (Å²) in [5, 5.41) is 6.64. The number of amides is 1. The summed E-state index contributed by atoms with van der Waals surface area (Å²) in [5.41, 5.74) is 4.16. The minimum Gasteiger partial charge on any atom is -0.378 e. The van der Waals surface area contributed by atoms with Gasteiger partial charge in [0.15, 0.2) is 5.11 Å². The van der Waals surface area contributed by atoms with E-state index < -0.39 is 5.82 Å². The van der Waals surface area contributed by atoms with Crippen molar-refractivity contribution in [2.75, 3.05) is 30.9 Å². The van der Waals surface area contributed by atoms with E-state index >= 15 is 0 Å². The smallest absolute Gasteiger partial charge is 0.226 e. The molecule has 0 radical (unpaired) electrons. The number of anilines is 2. The van der Waals surface area contributed by atoms with Gasteiger partial charge in [0, 0.05) is 56.5 Å². The van der Waals surface area contributed by atoms with Crippen LogP contribution in [-0.4, -0.2) is 46.1 Å². The van der Waals surface area contributed by atoms with Crippen LogP contribution in [0.3, 0.4) is 0 Å². The first-order valence-electron chi connectivity index (χ1n) is 12.4. The van der Waals surface area contributed by atoms with Crippen molar-refractivity contribution in [1.82, 2.24) is 19.8 Å². The largest absolute Gasteiger partial charge is 0.378 e. The summed E-state index contributed by atoms with van der Waals surface area (Å²) >= 11 is 5.76. The summed E-state index contributed by atoms with van der Waals surface area (Å²) in [7, 11) is 4.03. The van der Waals surface area contributed by atoms with Crippen LogP contribution in [0.15, 0.2) is 91.3 Å². The number of carbonyl (C=O) groups is 1. The fourth-order valence-corrected chi connectivity index (χ4v) is 5.08. The molecule has 38 heavy (non-hydrogen) atoms. The van der Waals surface area contributed by atoms with Crippen molar-refractivity contribution >= 4 is 34.6 Å². The summed E-state index contributed by atoms with van der Waals surface area (Å²) in [6.07, 6.45) is 3.93. The Balaban J connectivity index is 1.44. The van der Waals surface area contributed by atoms with Gasteiger partial charge < -0.3 is 25.0 Å². The van der Waals surface area contributed by atoms with Crippen molar-refractivity contribution in [1.29, 1.82) is 0 Å². The molecule has 2 atom stereocenters. The number of aromatic nitrogens is 2. The maximum Gasteiger partial charge on any atom is 0.226 e. The van der Waals surface area contributed by atoms with Crippen LogP contribution in [0.25, 0.3) is 5.69 Å². The number of rotatable bonds is 8. The summed E-state index contributed by atoms with van der Waals surface area (Å²) in [6, 6.07) is 23.9. The van der Waals surface area contributed by atoms with E-state index in [-0.39, 0.29) is 30.1 Å². The number of hydrogen-bond donors (Lipinski definition) is 2. The first kappa shape index (κ1) is 25.4. The molecule has 3 heterocycles.